The van der Waals surface area contributed by atoms with Gasteiger partial charge in [-0.2, -0.15) is 0 Å². The molecular weight excluding hydrogens is 418 g/mol. The summed E-state index contributed by atoms with van der Waals surface area (Å²) in [5, 5.41) is 12.6. The molecule has 0 saturated carbocycles. The lowest BCUT2D eigenvalue weighted by atomic mass is 10.0. The second-order valence-corrected chi connectivity index (χ2v) is 8.15. The Hall–Kier alpha value is -3.45. The molecule has 0 spiro atoms. The Morgan fingerprint density at radius 3 is 2.25 bits per heavy atom. The van der Waals surface area contributed by atoms with Gasteiger partial charge in [-0.3, -0.25) is 14.3 Å². The maximum Gasteiger partial charge on any atom is 0.234 e. The molecule has 0 fully saturated rings. The minimum atomic E-state index is -0.0568. The van der Waals surface area contributed by atoms with Crippen molar-refractivity contribution >= 4 is 23.4 Å². The average Bonchev–Trinajstić information content (AvgIpc) is 3.28. The fraction of sp³-hybridized carbons (Fsp3) is 0.200. The Morgan fingerprint density at radius 1 is 0.906 bits per heavy atom. The zero-order valence-electron chi connectivity index (χ0n) is 18.2. The monoisotopic (exact) mass is 443 g/mol. The highest BCUT2D eigenvalue weighted by atomic mass is 32.2. The number of pyridine rings is 1. The summed E-state index contributed by atoms with van der Waals surface area (Å²) in [7, 11) is 0. The van der Waals surface area contributed by atoms with Crippen molar-refractivity contribution < 1.29 is 4.79 Å². The van der Waals surface area contributed by atoms with Gasteiger partial charge < -0.3 is 5.32 Å². The summed E-state index contributed by atoms with van der Waals surface area (Å²) in [6.07, 6.45) is 5.20. The molecule has 0 aliphatic heterocycles. The Labute approximate surface area is 192 Å². The normalized spacial score (nSPS) is 10.8. The van der Waals surface area contributed by atoms with Gasteiger partial charge in [0.25, 0.3) is 0 Å². The Balaban J connectivity index is 1.58. The lowest BCUT2D eigenvalue weighted by molar-refractivity contribution is -0.113. The summed E-state index contributed by atoms with van der Waals surface area (Å²) in [6, 6.07) is 19.9. The third-order valence-corrected chi connectivity index (χ3v) is 6.11. The number of nitrogens with zero attached hydrogens (tertiary/aromatic N) is 4. The van der Waals surface area contributed by atoms with E-state index >= 15 is 0 Å². The quantitative estimate of drug-likeness (QED) is 0.380. The van der Waals surface area contributed by atoms with E-state index in [9.17, 15) is 4.79 Å². The van der Waals surface area contributed by atoms with Crippen molar-refractivity contribution in [1.29, 1.82) is 0 Å². The Bertz CT molecular complexity index is 1170. The van der Waals surface area contributed by atoms with E-state index in [1.165, 1.54) is 11.8 Å². The number of hydrogen-bond acceptors (Lipinski definition) is 5. The minimum Gasteiger partial charge on any atom is -0.325 e. The molecule has 0 aliphatic rings. The predicted octanol–water partition coefficient (Wildman–Crippen LogP) is 5.18. The van der Waals surface area contributed by atoms with Crippen LogP contribution in [-0.2, 0) is 17.6 Å². The molecule has 1 N–H and O–H groups in total. The van der Waals surface area contributed by atoms with Crippen LogP contribution in [0.5, 0.6) is 0 Å². The molecule has 7 heteroatoms. The zero-order valence-corrected chi connectivity index (χ0v) is 19.0. The maximum atomic E-state index is 12.8. The number of para-hydroxylation sites is 2. The number of carbonyl (C=O) groups excluding carboxylic acids is 1. The summed E-state index contributed by atoms with van der Waals surface area (Å²) in [5.74, 6) is 0.896. The first-order valence-electron chi connectivity index (χ1n) is 10.7. The smallest absolute Gasteiger partial charge is 0.234 e. The lowest BCUT2D eigenvalue weighted by Gasteiger charge is -2.14. The van der Waals surface area contributed by atoms with E-state index in [2.05, 4.69) is 46.5 Å². The maximum absolute atomic E-state index is 12.8. The summed E-state index contributed by atoms with van der Waals surface area (Å²) in [6.45, 7) is 4.20. The summed E-state index contributed by atoms with van der Waals surface area (Å²) in [4.78, 5) is 16.9. The van der Waals surface area contributed by atoms with Crippen LogP contribution in [0.15, 0.2) is 78.2 Å². The van der Waals surface area contributed by atoms with Crippen LogP contribution in [0.25, 0.3) is 17.1 Å². The first kappa shape index (κ1) is 21.8. The SMILES string of the molecule is CCc1cccc(CC)c1NC(=O)CSc1nnc(-c2ccncc2)n1-c1ccccc1. The first-order valence-corrected chi connectivity index (χ1v) is 11.6. The number of thioether (sulfide) groups is 1. The number of aromatic nitrogens is 4. The summed E-state index contributed by atoms with van der Waals surface area (Å²) >= 11 is 1.37. The molecule has 0 atom stereocenters. The van der Waals surface area contributed by atoms with Gasteiger partial charge in [0, 0.05) is 29.3 Å². The van der Waals surface area contributed by atoms with Crippen LogP contribution >= 0.6 is 11.8 Å². The van der Waals surface area contributed by atoms with Crippen LogP contribution in [0, 0.1) is 0 Å². The largest absolute Gasteiger partial charge is 0.325 e. The van der Waals surface area contributed by atoms with Crippen molar-refractivity contribution in [1.82, 2.24) is 19.7 Å². The highest BCUT2D eigenvalue weighted by Crippen LogP contribution is 2.28. The molecule has 0 aliphatic carbocycles. The van der Waals surface area contributed by atoms with Gasteiger partial charge in [0.1, 0.15) is 0 Å². The minimum absolute atomic E-state index is 0.0568. The number of amides is 1. The summed E-state index contributed by atoms with van der Waals surface area (Å²) < 4.78 is 1.98. The number of aryl methyl sites for hydroxylation is 2. The van der Waals surface area contributed by atoms with Gasteiger partial charge in [-0.15, -0.1) is 10.2 Å². The van der Waals surface area contributed by atoms with Gasteiger partial charge in [0.2, 0.25) is 5.91 Å². The fourth-order valence-corrected chi connectivity index (χ4v) is 4.32. The molecule has 0 radical (unpaired) electrons. The van der Waals surface area contributed by atoms with Gasteiger partial charge in [0.15, 0.2) is 11.0 Å². The van der Waals surface area contributed by atoms with Crippen LogP contribution in [0.4, 0.5) is 5.69 Å². The van der Waals surface area contributed by atoms with E-state index in [-0.39, 0.29) is 11.7 Å². The lowest BCUT2D eigenvalue weighted by Crippen LogP contribution is -2.17. The third-order valence-electron chi connectivity index (χ3n) is 5.18. The average molecular weight is 444 g/mol. The molecule has 0 unspecified atom stereocenters. The molecule has 1 amide bonds. The van der Waals surface area contributed by atoms with E-state index in [4.69, 9.17) is 0 Å². The molecule has 4 aromatic rings. The number of rotatable bonds is 8. The van der Waals surface area contributed by atoms with Crippen LogP contribution in [0.2, 0.25) is 0 Å². The van der Waals surface area contributed by atoms with Gasteiger partial charge in [-0.1, -0.05) is 62.0 Å². The molecular formula is C25H25N5OS. The molecule has 2 heterocycles. The topological polar surface area (TPSA) is 72.7 Å². The number of carbonyl (C=O) groups is 1. The molecule has 32 heavy (non-hydrogen) atoms. The van der Waals surface area contributed by atoms with Crippen LogP contribution in [0.3, 0.4) is 0 Å². The molecule has 2 aromatic heterocycles. The molecule has 4 rings (SSSR count). The first-order chi connectivity index (χ1) is 15.7. The van der Waals surface area contributed by atoms with Crippen molar-refractivity contribution in [2.75, 3.05) is 11.1 Å². The highest BCUT2D eigenvalue weighted by Gasteiger charge is 2.18. The number of anilines is 1. The van der Waals surface area contributed by atoms with Crippen LogP contribution < -0.4 is 5.32 Å². The second-order valence-electron chi connectivity index (χ2n) is 7.21. The van der Waals surface area contributed by atoms with Crippen molar-refractivity contribution in [2.24, 2.45) is 0 Å². The van der Waals surface area contributed by atoms with Crippen LogP contribution in [0.1, 0.15) is 25.0 Å². The highest BCUT2D eigenvalue weighted by molar-refractivity contribution is 7.99. The van der Waals surface area contributed by atoms with E-state index < -0.39 is 0 Å². The van der Waals surface area contributed by atoms with Gasteiger partial charge >= 0.3 is 0 Å². The van der Waals surface area contributed by atoms with Crippen LogP contribution in [-0.4, -0.2) is 31.4 Å². The molecule has 6 nitrogen and oxygen atoms in total. The van der Waals surface area contributed by atoms with Crippen molar-refractivity contribution in [3.05, 3.63) is 84.2 Å². The predicted molar refractivity (Wildman–Crippen MR) is 129 cm³/mol. The number of benzene rings is 2. The Kier molecular flexibility index (Phi) is 6.97. The van der Waals surface area contributed by atoms with Gasteiger partial charge in [-0.25, -0.2) is 0 Å². The molecule has 2 aromatic carbocycles. The van der Waals surface area contributed by atoms with Crippen molar-refractivity contribution in [3.8, 4) is 17.1 Å². The Morgan fingerprint density at radius 2 is 1.59 bits per heavy atom. The number of hydrogen-bond donors (Lipinski definition) is 1. The number of nitrogens with one attached hydrogen (secondary N) is 1. The van der Waals surface area contributed by atoms with E-state index in [0.29, 0.717) is 11.0 Å². The van der Waals surface area contributed by atoms with E-state index in [1.54, 1.807) is 12.4 Å². The second kappa shape index (κ2) is 10.2. The standard InChI is InChI=1S/C25H25N5OS/c1-3-18-9-8-10-19(4-2)23(18)27-22(31)17-32-25-29-28-24(20-13-15-26-16-14-20)30(25)21-11-6-5-7-12-21/h5-16H,3-4,17H2,1-2H3,(H,27,31). The van der Waals surface area contributed by atoms with E-state index in [1.807, 2.05) is 53.1 Å². The van der Waals surface area contributed by atoms with Gasteiger partial charge in [-0.05, 0) is 48.2 Å². The van der Waals surface area contributed by atoms with Crippen molar-refractivity contribution in [2.45, 2.75) is 31.8 Å². The van der Waals surface area contributed by atoms with Gasteiger partial charge in [0.05, 0.1) is 5.75 Å². The van der Waals surface area contributed by atoms with E-state index in [0.717, 1.165) is 40.9 Å². The molecule has 0 bridgehead atoms. The van der Waals surface area contributed by atoms with Crippen molar-refractivity contribution in [3.63, 3.8) is 0 Å². The third kappa shape index (κ3) is 4.73. The fourth-order valence-electron chi connectivity index (χ4n) is 3.57. The summed E-state index contributed by atoms with van der Waals surface area (Å²) in [5.41, 5.74) is 5.09. The zero-order chi connectivity index (χ0) is 22.3. The molecule has 0 saturated heterocycles. The molecule has 162 valence electrons.